The molecule has 30 heavy (non-hydrogen) atoms. The topological polar surface area (TPSA) is 82.3 Å². The Balaban J connectivity index is 2.32. The Labute approximate surface area is 176 Å². The van der Waals surface area contributed by atoms with E-state index in [-0.39, 0.29) is 10.7 Å². The minimum absolute atomic E-state index is 0.139. The lowest BCUT2D eigenvalue weighted by atomic mass is 9.94. The number of hydrogen-bond donors (Lipinski definition) is 1. The number of nitrogens with two attached hydrogens (primary N) is 1. The summed E-state index contributed by atoms with van der Waals surface area (Å²) in [6.07, 6.45) is 6.30. The van der Waals surface area contributed by atoms with Crippen molar-refractivity contribution in [2.24, 2.45) is 5.73 Å². The normalized spacial score (nSPS) is 11.5. The first-order valence-electron chi connectivity index (χ1n) is 9.74. The van der Waals surface area contributed by atoms with Crippen molar-refractivity contribution in [2.45, 2.75) is 31.2 Å². The number of rotatable bonds is 8. The molecule has 0 saturated heterocycles. The second kappa shape index (κ2) is 9.36. The maximum atomic E-state index is 13.5. The van der Waals surface area contributed by atoms with Crippen LogP contribution in [0.25, 0.3) is 22.3 Å². The number of sulfone groups is 1. The van der Waals surface area contributed by atoms with E-state index in [0.717, 1.165) is 30.2 Å². The zero-order valence-corrected chi connectivity index (χ0v) is 17.9. The number of pyridine rings is 1. The molecule has 0 radical (unpaired) electrons. The first-order valence-corrected chi connectivity index (χ1v) is 11.6. The molecule has 0 bridgehead atoms. The molecule has 0 aliphatic heterocycles. The summed E-state index contributed by atoms with van der Waals surface area (Å²) in [7, 11) is -3.50. The van der Waals surface area contributed by atoms with E-state index in [1.165, 1.54) is 12.1 Å². The average Bonchev–Trinajstić information content (AvgIpc) is 2.73. The van der Waals surface area contributed by atoms with E-state index in [1.54, 1.807) is 36.7 Å². The average molecular weight is 429 g/mol. The molecule has 3 rings (SSSR count). The van der Waals surface area contributed by atoms with Crippen molar-refractivity contribution in [2.75, 3.05) is 12.9 Å². The number of halogens is 1. The third kappa shape index (κ3) is 5.04. The van der Waals surface area contributed by atoms with E-state index in [2.05, 4.69) is 11.9 Å². The van der Waals surface area contributed by atoms with Gasteiger partial charge in [-0.1, -0.05) is 25.5 Å². The number of hydrogen-bond acceptors (Lipinski definition) is 5. The maximum Gasteiger partial charge on any atom is 0.175 e. The van der Waals surface area contributed by atoms with Crippen molar-refractivity contribution in [3.8, 4) is 28.0 Å². The molecule has 0 fully saturated rings. The van der Waals surface area contributed by atoms with Gasteiger partial charge in [-0.05, 0) is 53.4 Å². The molecule has 1 heterocycles. The number of ether oxygens (including phenoxy) is 1. The zero-order chi connectivity index (χ0) is 21.7. The van der Waals surface area contributed by atoms with Gasteiger partial charge in [0.15, 0.2) is 9.84 Å². The van der Waals surface area contributed by atoms with Crippen LogP contribution < -0.4 is 10.5 Å². The molecule has 158 valence electrons. The van der Waals surface area contributed by atoms with Crippen LogP contribution in [0.2, 0.25) is 0 Å². The molecule has 0 unspecified atom stereocenters. The second-order valence-electron chi connectivity index (χ2n) is 7.11. The fraction of sp³-hybridized carbons (Fsp3) is 0.261. The maximum absolute atomic E-state index is 13.5. The molecule has 3 aromatic rings. The van der Waals surface area contributed by atoms with Gasteiger partial charge in [-0.25, -0.2) is 12.8 Å². The van der Waals surface area contributed by atoms with Crippen LogP contribution in [0.3, 0.4) is 0 Å². The Morgan fingerprint density at radius 3 is 2.43 bits per heavy atom. The van der Waals surface area contributed by atoms with Gasteiger partial charge in [-0.2, -0.15) is 0 Å². The van der Waals surface area contributed by atoms with Crippen LogP contribution in [0.15, 0.2) is 59.8 Å². The molecule has 2 aromatic carbocycles. The number of nitrogens with zero attached hydrogens (tertiary/aromatic N) is 1. The molecule has 5 nitrogen and oxygen atoms in total. The summed E-state index contributed by atoms with van der Waals surface area (Å²) in [5.41, 5.74) is 9.38. The number of benzene rings is 2. The molecule has 0 amide bonds. The summed E-state index contributed by atoms with van der Waals surface area (Å²) < 4.78 is 44.3. The third-order valence-electron chi connectivity index (χ3n) is 4.73. The minimum atomic E-state index is -3.50. The summed E-state index contributed by atoms with van der Waals surface area (Å²) in [4.78, 5) is 4.41. The number of unbranched alkanes of at least 4 members (excludes halogenated alkanes) is 1. The molecule has 7 heteroatoms. The first kappa shape index (κ1) is 21.9. The lowest BCUT2D eigenvalue weighted by Crippen LogP contribution is -2.04. The molecular formula is C23H25FN2O3S. The third-order valence-corrected chi connectivity index (χ3v) is 5.83. The van der Waals surface area contributed by atoms with E-state index < -0.39 is 9.84 Å². The highest BCUT2D eigenvalue weighted by atomic mass is 32.2. The monoisotopic (exact) mass is 428 g/mol. The fourth-order valence-electron chi connectivity index (χ4n) is 3.14. The SMILES string of the molecule is CCCCOc1cc(S(C)(=O)=O)cc(-c2ccc(F)cc2)c1-c1cncc(CN)c1. The Morgan fingerprint density at radius 1 is 1.07 bits per heavy atom. The predicted octanol–water partition coefficient (Wildman–Crippen LogP) is 4.60. The van der Waals surface area contributed by atoms with Crippen LogP contribution >= 0.6 is 0 Å². The largest absolute Gasteiger partial charge is 0.493 e. The lowest BCUT2D eigenvalue weighted by molar-refractivity contribution is 0.310. The Morgan fingerprint density at radius 2 is 1.80 bits per heavy atom. The van der Waals surface area contributed by atoms with Crippen LogP contribution in [0, 0.1) is 5.82 Å². The van der Waals surface area contributed by atoms with Gasteiger partial charge in [0, 0.05) is 36.3 Å². The van der Waals surface area contributed by atoms with E-state index in [4.69, 9.17) is 10.5 Å². The lowest BCUT2D eigenvalue weighted by Gasteiger charge is -2.18. The minimum Gasteiger partial charge on any atom is -0.493 e. The van der Waals surface area contributed by atoms with E-state index >= 15 is 0 Å². The second-order valence-corrected chi connectivity index (χ2v) is 9.13. The summed E-state index contributed by atoms with van der Waals surface area (Å²) in [5, 5.41) is 0. The Hall–Kier alpha value is -2.77. The Kier molecular flexibility index (Phi) is 6.84. The molecular weight excluding hydrogens is 403 g/mol. The predicted molar refractivity (Wildman–Crippen MR) is 116 cm³/mol. The van der Waals surface area contributed by atoms with E-state index in [0.29, 0.717) is 35.6 Å². The van der Waals surface area contributed by atoms with Gasteiger partial charge in [0.25, 0.3) is 0 Å². The van der Waals surface area contributed by atoms with Gasteiger partial charge >= 0.3 is 0 Å². The van der Waals surface area contributed by atoms with Crippen LogP contribution in [0.5, 0.6) is 5.75 Å². The molecule has 0 saturated carbocycles. The quantitative estimate of drug-likeness (QED) is 0.531. The molecule has 0 aliphatic carbocycles. The molecule has 0 spiro atoms. The summed E-state index contributed by atoms with van der Waals surface area (Å²) in [5.74, 6) is 0.0763. The highest BCUT2D eigenvalue weighted by Crippen LogP contribution is 2.41. The van der Waals surface area contributed by atoms with Gasteiger partial charge in [-0.3, -0.25) is 4.98 Å². The van der Waals surface area contributed by atoms with Crippen molar-refractivity contribution in [3.63, 3.8) is 0 Å². The highest BCUT2D eigenvalue weighted by molar-refractivity contribution is 7.90. The summed E-state index contributed by atoms with van der Waals surface area (Å²) in [6.45, 7) is 2.82. The fourth-order valence-corrected chi connectivity index (χ4v) is 3.79. The first-order chi connectivity index (χ1) is 14.3. The van der Waals surface area contributed by atoms with E-state index in [9.17, 15) is 12.8 Å². The molecule has 2 N–H and O–H groups in total. The van der Waals surface area contributed by atoms with Gasteiger partial charge in [-0.15, -0.1) is 0 Å². The van der Waals surface area contributed by atoms with Crippen molar-refractivity contribution in [1.29, 1.82) is 0 Å². The van der Waals surface area contributed by atoms with Crippen LogP contribution in [0.1, 0.15) is 25.3 Å². The molecule has 0 atom stereocenters. The summed E-state index contributed by atoms with van der Waals surface area (Å²) >= 11 is 0. The molecule has 1 aromatic heterocycles. The zero-order valence-electron chi connectivity index (χ0n) is 17.1. The van der Waals surface area contributed by atoms with Crippen molar-refractivity contribution in [3.05, 3.63) is 66.2 Å². The smallest absolute Gasteiger partial charge is 0.175 e. The van der Waals surface area contributed by atoms with Crippen LogP contribution in [-0.4, -0.2) is 26.3 Å². The van der Waals surface area contributed by atoms with Crippen molar-refractivity contribution >= 4 is 9.84 Å². The van der Waals surface area contributed by atoms with Gasteiger partial charge in [0.1, 0.15) is 11.6 Å². The highest BCUT2D eigenvalue weighted by Gasteiger charge is 2.20. The van der Waals surface area contributed by atoms with Crippen molar-refractivity contribution in [1.82, 2.24) is 4.98 Å². The van der Waals surface area contributed by atoms with Gasteiger partial charge in [0.05, 0.1) is 11.5 Å². The van der Waals surface area contributed by atoms with Crippen molar-refractivity contribution < 1.29 is 17.5 Å². The number of aromatic nitrogens is 1. The van der Waals surface area contributed by atoms with E-state index in [1.807, 2.05) is 6.07 Å². The standard InChI is InChI=1S/C23H25FN2O3S/c1-3-4-9-29-22-12-20(30(2,27)28)11-21(17-5-7-19(24)8-6-17)23(22)18-10-16(13-25)14-26-15-18/h5-8,10-12,14-15H,3-4,9,13,25H2,1-2H3. The molecule has 0 aliphatic rings. The van der Waals surface area contributed by atoms with Crippen LogP contribution in [0.4, 0.5) is 4.39 Å². The van der Waals surface area contributed by atoms with Gasteiger partial charge in [0.2, 0.25) is 0 Å². The Bertz CT molecular complexity index is 1130. The van der Waals surface area contributed by atoms with Gasteiger partial charge < -0.3 is 10.5 Å². The summed E-state index contributed by atoms with van der Waals surface area (Å²) in [6, 6.07) is 11.0. The van der Waals surface area contributed by atoms with Crippen LogP contribution in [-0.2, 0) is 16.4 Å².